The van der Waals surface area contributed by atoms with Crippen molar-refractivity contribution in [3.63, 3.8) is 0 Å². The highest BCUT2D eigenvalue weighted by molar-refractivity contribution is 7.89. The summed E-state index contributed by atoms with van der Waals surface area (Å²) in [4.78, 5) is -0.240. The van der Waals surface area contributed by atoms with Gasteiger partial charge in [0.1, 0.15) is 5.75 Å². The van der Waals surface area contributed by atoms with E-state index in [-0.39, 0.29) is 23.6 Å². The first-order chi connectivity index (χ1) is 12.2. The van der Waals surface area contributed by atoms with Crippen LogP contribution in [0.4, 0.5) is 4.39 Å². The Balaban J connectivity index is 2.05. The molecule has 0 amide bonds. The molecule has 1 unspecified atom stereocenters. The van der Waals surface area contributed by atoms with E-state index in [1.165, 1.54) is 26.2 Å². The zero-order chi connectivity index (χ0) is 19.4. The molecule has 142 valence electrons. The van der Waals surface area contributed by atoms with Gasteiger partial charge in [0.25, 0.3) is 0 Å². The highest BCUT2D eigenvalue weighted by Gasteiger charge is 2.25. The molecule has 0 fully saturated rings. The van der Waals surface area contributed by atoms with Gasteiger partial charge in [-0.25, -0.2) is 17.5 Å². The van der Waals surface area contributed by atoms with E-state index < -0.39 is 21.4 Å². The van der Waals surface area contributed by atoms with Crippen LogP contribution in [0.2, 0.25) is 0 Å². The molecule has 6 nitrogen and oxygen atoms in total. The molecule has 2 aromatic rings. The van der Waals surface area contributed by atoms with E-state index in [1.54, 1.807) is 31.4 Å². The number of halogens is 1. The van der Waals surface area contributed by atoms with Crippen molar-refractivity contribution >= 4 is 10.0 Å². The lowest BCUT2D eigenvalue weighted by Gasteiger charge is -2.24. The maximum absolute atomic E-state index is 13.7. The van der Waals surface area contributed by atoms with Crippen LogP contribution in [0.5, 0.6) is 11.5 Å². The summed E-state index contributed by atoms with van der Waals surface area (Å²) in [5.41, 5.74) is -0.502. The van der Waals surface area contributed by atoms with E-state index in [0.29, 0.717) is 5.75 Å². The second-order valence-corrected chi connectivity index (χ2v) is 7.91. The number of hydrogen-bond acceptors (Lipinski definition) is 5. The summed E-state index contributed by atoms with van der Waals surface area (Å²) >= 11 is 0. The molecule has 26 heavy (non-hydrogen) atoms. The van der Waals surface area contributed by atoms with Crippen molar-refractivity contribution in [2.45, 2.75) is 23.8 Å². The van der Waals surface area contributed by atoms with Gasteiger partial charge in [0.2, 0.25) is 10.0 Å². The number of rotatable bonds is 8. The van der Waals surface area contributed by atoms with Gasteiger partial charge >= 0.3 is 0 Å². The number of aliphatic hydroxyl groups is 1. The Bertz CT molecular complexity index is 850. The molecule has 2 rings (SSSR count). The lowest BCUT2D eigenvalue weighted by molar-refractivity contribution is 0.0657. The van der Waals surface area contributed by atoms with Crippen LogP contribution in [0, 0.1) is 5.82 Å². The van der Waals surface area contributed by atoms with Gasteiger partial charge < -0.3 is 14.6 Å². The molecule has 0 aliphatic carbocycles. The van der Waals surface area contributed by atoms with Gasteiger partial charge in [-0.1, -0.05) is 12.1 Å². The first kappa shape index (κ1) is 20.2. The molecule has 0 aromatic heterocycles. The lowest BCUT2D eigenvalue weighted by atomic mass is 9.97. The van der Waals surface area contributed by atoms with Gasteiger partial charge in [0.15, 0.2) is 11.6 Å². The summed E-state index contributed by atoms with van der Waals surface area (Å²) in [5.74, 6) is -0.133. The summed E-state index contributed by atoms with van der Waals surface area (Å²) in [5, 5.41) is 10.5. The molecular formula is C18H22FNO5S. The lowest BCUT2D eigenvalue weighted by Crippen LogP contribution is -2.42. The van der Waals surface area contributed by atoms with Crippen LogP contribution in [-0.2, 0) is 16.4 Å². The number of sulfonamides is 1. The Morgan fingerprint density at radius 3 is 2.31 bits per heavy atom. The Hall–Kier alpha value is -2.16. The smallest absolute Gasteiger partial charge is 0.240 e. The van der Waals surface area contributed by atoms with Crippen molar-refractivity contribution in [2.75, 3.05) is 20.8 Å². The molecular weight excluding hydrogens is 361 g/mol. The summed E-state index contributed by atoms with van der Waals surface area (Å²) < 4.78 is 50.5. The van der Waals surface area contributed by atoms with E-state index >= 15 is 0 Å². The van der Waals surface area contributed by atoms with E-state index in [1.807, 2.05) is 0 Å². The Kier molecular flexibility index (Phi) is 6.22. The van der Waals surface area contributed by atoms with Crippen LogP contribution in [0.15, 0.2) is 47.4 Å². The Labute approximate surface area is 152 Å². The molecule has 2 aromatic carbocycles. The van der Waals surface area contributed by atoms with Gasteiger partial charge in [-0.15, -0.1) is 0 Å². The molecule has 0 radical (unpaired) electrons. The number of methoxy groups -OCH3 is 2. The standard InChI is InChI=1S/C18H22FNO5S/c1-18(21,11-13-4-6-14(24-2)7-5-13)12-20-26(22,23)15-8-9-17(25-3)16(19)10-15/h4-10,20-21H,11-12H2,1-3H3. The average molecular weight is 383 g/mol. The third-order valence-corrected chi connectivity index (χ3v) is 5.22. The van der Waals surface area contributed by atoms with E-state index in [9.17, 15) is 17.9 Å². The van der Waals surface area contributed by atoms with Crippen molar-refractivity contribution in [3.8, 4) is 11.5 Å². The highest BCUT2D eigenvalue weighted by atomic mass is 32.2. The second kappa shape index (κ2) is 8.03. The van der Waals surface area contributed by atoms with Crippen LogP contribution in [-0.4, -0.2) is 39.9 Å². The van der Waals surface area contributed by atoms with Crippen LogP contribution in [0.3, 0.4) is 0 Å². The van der Waals surface area contributed by atoms with Crippen LogP contribution in [0.1, 0.15) is 12.5 Å². The van der Waals surface area contributed by atoms with Crippen molar-refractivity contribution < 1.29 is 27.4 Å². The minimum Gasteiger partial charge on any atom is -0.497 e. The van der Waals surface area contributed by atoms with Gasteiger partial charge in [0, 0.05) is 13.0 Å². The molecule has 0 saturated heterocycles. The van der Waals surface area contributed by atoms with Crippen molar-refractivity contribution in [3.05, 3.63) is 53.8 Å². The predicted octanol–water partition coefficient (Wildman–Crippen LogP) is 2.11. The number of nitrogens with one attached hydrogen (secondary N) is 1. The second-order valence-electron chi connectivity index (χ2n) is 6.14. The molecule has 0 aliphatic heterocycles. The topological polar surface area (TPSA) is 84.9 Å². The van der Waals surface area contributed by atoms with Crippen molar-refractivity contribution in [1.29, 1.82) is 0 Å². The normalized spacial score (nSPS) is 13.9. The fourth-order valence-corrected chi connectivity index (χ4v) is 3.57. The molecule has 0 spiro atoms. The molecule has 0 saturated carbocycles. The third-order valence-electron chi connectivity index (χ3n) is 3.82. The maximum Gasteiger partial charge on any atom is 0.240 e. The first-order valence-electron chi connectivity index (χ1n) is 7.85. The minimum absolute atomic E-state index is 0.0459. The quantitative estimate of drug-likeness (QED) is 0.729. The summed E-state index contributed by atoms with van der Waals surface area (Å²) in [6.07, 6.45) is 0.233. The van der Waals surface area contributed by atoms with Crippen LogP contribution >= 0.6 is 0 Å². The monoisotopic (exact) mass is 383 g/mol. The zero-order valence-corrected chi connectivity index (χ0v) is 15.6. The van der Waals surface area contributed by atoms with Crippen molar-refractivity contribution in [1.82, 2.24) is 4.72 Å². The number of hydrogen-bond donors (Lipinski definition) is 2. The number of benzene rings is 2. The van der Waals surface area contributed by atoms with Gasteiger partial charge in [0.05, 0.1) is 24.7 Å². The minimum atomic E-state index is -3.97. The molecule has 0 aliphatic rings. The summed E-state index contributed by atoms with van der Waals surface area (Å²) in [6, 6.07) is 10.5. The molecule has 2 N–H and O–H groups in total. The maximum atomic E-state index is 13.7. The SMILES string of the molecule is COc1ccc(CC(C)(O)CNS(=O)(=O)c2ccc(OC)c(F)c2)cc1. The fourth-order valence-electron chi connectivity index (χ4n) is 2.39. The Morgan fingerprint density at radius 2 is 1.77 bits per heavy atom. The van der Waals surface area contributed by atoms with E-state index in [4.69, 9.17) is 9.47 Å². The van der Waals surface area contributed by atoms with E-state index in [0.717, 1.165) is 11.6 Å². The van der Waals surface area contributed by atoms with Gasteiger partial charge in [-0.05, 0) is 42.8 Å². The predicted molar refractivity (Wildman–Crippen MR) is 95.5 cm³/mol. The highest BCUT2D eigenvalue weighted by Crippen LogP contribution is 2.21. The fraction of sp³-hybridized carbons (Fsp3) is 0.333. The van der Waals surface area contributed by atoms with Gasteiger partial charge in [-0.3, -0.25) is 0 Å². The zero-order valence-electron chi connectivity index (χ0n) is 14.8. The van der Waals surface area contributed by atoms with Crippen molar-refractivity contribution in [2.24, 2.45) is 0 Å². The summed E-state index contributed by atoms with van der Waals surface area (Å²) in [6.45, 7) is 1.30. The number of ether oxygens (including phenoxy) is 2. The largest absolute Gasteiger partial charge is 0.497 e. The van der Waals surface area contributed by atoms with Crippen LogP contribution in [0.25, 0.3) is 0 Å². The molecule has 8 heteroatoms. The molecule has 1 atom stereocenters. The van der Waals surface area contributed by atoms with Crippen LogP contribution < -0.4 is 14.2 Å². The molecule has 0 bridgehead atoms. The van der Waals surface area contributed by atoms with Gasteiger partial charge in [-0.2, -0.15) is 0 Å². The Morgan fingerprint density at radius 1 is 1.12 bits per heavy atom. The first-order valence-corrected chi connectivity index (χ1v) is 9.34. The van der Waals surface area contributed by atoms with E-state index in [2.05, 4.69) is 4.72 Å². The molecule has 0 heterocycles. The third kappa shape index (κ3) is 5.17. The summed E-state index contributed by atoms with van der Waals surface area (Å²) in [7, 11) is -1.12. The average Bonchev–Trinajstić information content (AvgIpc) is 2.60.